The Kier molecular flexibility index (Phi) is 5.11. The highest BCUT2D eigenvalue weighted by molar-refractivity contribution is 5.71. The molecular formula is C12H13FN2O2. The maximum absolute atomic E-state index is 13.4. The first kappa shape index (κ1) is 13.1. The van der Waals surface area contributed by atoms with Crippen LogP contribution < -0.4 is 5.32 Å². The Balaban J connectivity index is 2.47. The number of carbonyl (C=O) groups is 1. The van der Waals surface area contributed by atoms with Gasteiger partial charge in [0.2, 0.25) is 0 Å². The van der Waals surface area contributed by atoms with Crippen molar-refractivity contribution in [3.63, 3.8) is 0 Å². The van der Waals surface area contributed by atoms with Crippen LogP contribution >= 0.6 is 0 Å². The predicted molar refractivity (Wildman–Crippen MR) is 59.5 cm³/mol. The molecule has 0 fully saturated rings. The largest absolute Gasteiger partial charge is 0.465 e. The summed E-state index contributed by atoms with van der Waals surface area (Å²) in [6.45, 7) is 2.30. The van der Waals surface area contributed by atoms with E-state index in [9.17, 15) is 9.18 Å². The van der Waals surface area contributed by atoms with Crippen molar-refractivity contribution < 1.29 is 13.9 Å². The van der Waals surface area contributed by atoms with Gasteiger partial charge in [-0.25, -0.2) is 4.39 Å². The molecule has 1 rings (SSSR count). The van der Waals surface area contributed by atoms with Crippen molar-refractivity contribution in [1.82, 2.24) is 5.32 Å². The molecule has 0 bridgehead atoms. The zero-order valence-electron chi connectivity index (χ0n) is 9.50. The molecule has 4 nitrogen and oxygen atoms in total. The SMILES string of the molecule is CCOC(=O)CNCc1ccc(C#N)cc1F. The van der Waals surface area contributed by atoms with E-state index in [0.29, 0.717) is 12.2 Å². The van der Waals surface area contributed by atoms with E-state index in [1.54, 1.807) is 6.92 Å². The quantitative estimate of drug-likeness (QED) is 0.784. The second-order valence-electron chi connectivity index (χ2n) is 3.33. The van der Waals surface area contributed by atoms with Crippen molar-refractivity contribution in [1.29, 1.82) is 5.26 Å². The number of hydrogen-bond acceptors (Lipinski definition) is 4. The van der Waals surface area contributed by atoms with Crippen molar-refractivity contribution >= 4 is 5.97 Å². The summed E-state index contributed by atoms with van der Waals surface area (Å²) in [7, 11) is 0. The summed E-state index contributed by atoms with van der Waals surface area (Å²) in [5, 5.41) is 11.3. The Bertz CT molecular complexity index is 441. The molecule has 0 heterocycles. The number of nitriles is 1. The molecular weight excluding hydrogens is 223 g/mol. The number of halogens is 1. The molecule has 0 aliphatic carbocycles. The summed E-state index contributed by atoms with van der Waals surface area (Å²) < 4.78 is 18.1. The van der Waals surface area contributed by atoms with Crippen LogP contribution in [0.2, 0.25) is 0 Å². The molecule has 17 heavy (non-hydrogen) atoms. The average Bonchev–Trinajstić information content (AvgIpc) is 2.31. The fraction of sp³-hybridized carbons (Fsp3) is 0.333. The topological polar surface area (TPSA) is 62.1 Å². The highest BCUT2D eigenvalue weighted by atomic mass is 19.1. The Morgan fingerprint density at radius 3 is 2.94 bits per heavy atom. The first-order valence-electron chi connectivity index (χ1n) is 5.22. The van der Waals surface area contributed by atoms with Crippen LogP contribution in [0.5, 0.6) is 0 Å². The number of nitrogens with zero attached hydrogens (tertiary/aromatic N) is 1. The van der Waals surface area contributed by atoms with Crippen LogP contribution in [0, 0.1) is 17.1 Å². The number of rotatable bonds is 5. The molecule has 0 atom stereocenters. The van der Waals surface area contributed by atoms with E-state index in [4.69, 9.17) is 10.00 Å². The number of esters is 1. The van der Waals surface area contributed by atoms with Crippen LogP contribution in [0.1, 0.15) is 18.1 Å². The minimum atomic E-state index is -0.458. The maximum Gasteiger partial charge on any atom is 0.319 e. The number of carbonyl (C=O) groups excluding carboxylic acids is 1. The van der Waals surface area contributed by atoms with Gasteiger partial charge in [-0.2, -0.15) is 5.26 Å². The van der Waals surface area contributed by atoms with Gasteiger partial charge in [-0.1, -0.05) is 6.07 Å². The molecule has 0 radical (unpaired) electrons. The fourth-order valence-corrected chi connectivity index (χ4v) is 1.27. The van der Waals surface area contributed by atoms with Gasteiger partial charge in [-0.15, -0.1) is 0 Å². The van der Waals surface area contributed by atoms with Gasteiger partial charge in [-0.3, -0.25) is 4.79 Å². The van der Waals surface area contributed by atoms with E-state index in [0.717, 1.165) is 0 Å². The number of nitrogens with one attached hydrogen (secondary N) is 1. The molecule has 1 aromatic rings. The van der Waals surface area contributed by atoms with Crippen molar-refractivity contribution in [2.45, 2.75) is 13.5 Å². The summed E-state index contributed by atoms with van der Waals surface area (Å²) in [6.07, 6.45) is 0. The van der Waals surface area contributed by atoms with E-state index in [2.05, 4.69) is 5.32 Å². The lowest BCUT2D eigenvalue weighted by atomic mass is 10.1. The smallest absolute Gasteiger partial charge is 0.319 e. The minimum Gasteiger partial charge on any atom is -0.465 e. The highest BCUT2D eigenvalue weighted by Gasteiger charge is 2.05. The van der Waals surface area contributed by atoms with Crippen LogP contribution in [0.3, 0.4) is 0 Å². The van der Waals surface area contributed by atoms with Gasteiger partial charge in [0.1, 0.15) is 5.82 Å². The van der Waals surface area contributed by atoms with E-state index in [-0.39, 0.29) is 24.6 Å². The summed E-state index contributed by atoms with van der Waals surface area (Å²) >= 11 is 0. The van der Waals surface area contributed by atoms with Crippen LogP contribution in [0.25, 0.3) is 0 Å². The summed E-state index contributed by atoms with van der Waals surface area (Å²) in [6, 6.07) is 6.07. The molecule has 0 aromatic heterocycles. The van der Waals surface area contributed by atoms with Gasteiger partial charge >= 0.3 is 5.97 Å². The third-order valence-corrected chi connectivity index (χ3v) is 2.07. The van der Waals surface area contributed by atoms with Crippen molar-refractivity contribution in [2.24, 2.45) is 0 Å². The van der Waals surface area contributed by atoms with Crippen LogP contribution in [-0.4, -0.2) is 19.1 Å². The second kappa shape index (κ2) is 6.61. The summed E-state index contributed by atoms with van der Waals surface area (Å²) in [5.41, 5.74) is 0.685. The van der Waals surface area contributed by atoms with E-state index >= 15 is 0 Å². The van der Waals surface area contributed by atoms with Gasteiger partial charge < -0.3 is 10.1 Å². The highest BCUT2D eigenvalue weighted by Crippen LogP contribution is 2.09. The lowest BCUT2D eigenvalue weighted by Crippen LogP contribution is -2.24. The molecule has 0 spiro atoms. The van der Waals surface area contributed by atoms with E-state index < -0.39 is 5.82 Å². The van der Waals surface area contributed by atoms with E-state index in [1.807, 2.05) is 6.07 Å². The Labute approximate surface area is 99.0 Å². The van der Waals surface area contributed by atoms with Gasteiger partial charge in [0.15, 0.2) is 0 Å². The van der Waals surface area contributed by atoms with Gasteiger partial charge in [0, 0.05) is 12.1 Å². The standard InChI is InChI=1S/C12H13FN2O2/c1-2-17-12(16)8-15-7-10-4-3-9(6-14)5-11(10)13/h3-5,15H,2,7-8H2,1H3. The van der Waals surface area contributed by atoms with Gasteiger partial charge in [-0.05, 0) is 19.1 Å². The zero-order chi connectivity index (χ0) is 12.7. The summed E-state index contributed by atoms with van der Waals surface area (Å²) in [5.74, 6) is -0.832. The van der Waals surface area contributed by atoms with Crippen molar-refractivity contribution in [2.75, 3.05) is 13.2 Å². The fourth-order valence-electron chi connectivity index (χ4n) is 1.27. The average molecular weight is 236 g/mol. The van der Waals surface area contributed by atoms with E-state index in [1.165, 1.54) is 18.2 Å². The minimum absolute atomic E-state index is 0.0350. The van der Waals surface area contributed by atoms with Crippen molar-refractivity contribution in [3.8, 4) is 6.07 Å². The third-order valence-electron chi connectivity index (χ3n) is 2.07. The monoisotopic (exact) mass is 236 g/mol. The van der Waals surface area contributed by atoms with Crippen LogP contribution in [0.15, 0.2) is 18.2 Å². The number of ether oxygens (including phenoxy) is 1. The molecule has 1 aromatic carbocycles. The molecule has 0 unspecified atom stereocenters. The first-order valence-corrected chi connectivity index (χ1v) is 5.22. The lowest BCUT2D eigenvalue weighted by Gasteiger charge is -2.05. The van der Waals surface area contributed by atoms with Crippen LogP contribution in [0.4, 0.5) is 4.39 Å². The molecule has 0 saturated heterocycles. The van der Waals surface area contributed by atoms with Gasteiger partial charge in [0.25, 0.3) is 0 Å². The van der Waals surface area contributed by atoms with Crippen LogP contribution in [-0.2, 0) is 16.1 Å². The molecule has 0 aliphatic rings. The number of hydrogen-bond donors (Lipinski definition) is 1. The third kappa shape index (κ3) is 4.21. The second-order valence-corrected chi connectivity index (χ2v) is 3.33. The Morgan fingerprint density at radius 1 is 1.59 bits per heavy atom. The lowest BCUT2D eigenvalue weighted by molar-refractivity contribution is -0.142. The first-order chi connectivity index (χ1) is 8.17. The Morgan fingerprint density at radius 2 is 2.35 bits per heavy atom. The summed E-state index contributed by atoms with van der Waals surface area (Å²) in [4.78, 5) is 11.0. The zero-order valence-corrected chi connectivity index (χ0v) is 9.50. The maximum atomic E-state index is 13.4. The molecule has 0 amide bonds. The van der Waals surface area contributed by atoms with Crippen molar-refractivity contribution in [3.05, 3.63) is 35.1 Å². The molecule has 1 N–H and O–H groups in total. The molecule has 0 saturated carbocycles. The predicted octanol–water partition coefficient (Wildman–Crippen LogP) is 1.35. The Hall–Kier alpha value is -1.93. The number of benzene rings is 1. The van der Waals surface area contributed by atoms with Gasteiger partial charge in [0.05, 0.1) is 24.8 Å². The molecule has 5 heteroatoms. The normalized spacial score (nSPS) is 9.71. The molecule has 0 aliphatic heterocycles. The molecule has 90 valence electrons.